The first-order valence-corrected chi connectivity index (χ1v) is 6.89. The van der Waals surface area contributed by atoms with Crippen molar-refractivity contribution < 1.29 is 14.0 Å². The largest absolute Gasteiger partial charge is 0.452 e. The third kappa shape index (κ3) is 2.52. The molecule has 6 heteroatoms. The van der Waals surface area contributed by atoms with Crippen LogP contribution in [0.5, 0.6) is 0 Å². The third-order valence-corrected chi connectivity index (χ3v) is 3.77. The van der Waals surface area contributed by atoms with Crippen molar-refractivity contribution in [1.29, 1.82) is 0 Å². The van der Waals surface area contributed by atoms with Crippen molar-refractivity contribution in [2.75, 3.05) is 16.8 Å². The average molecular weight is 305 g/mol. The van der Waals surface area contributed by atoms with E-state index in [1.54, 1.807) is 17.9 Å². The summed E-state index contributed by atoms with van der Waals surface area (Å²) in [6, 6.07) is 7.01. The van der Waals surface area contributed by atoms with Gasteiger partial charge >= 0.3 is 0 Å². The summed E-state index contributed by atoms with van der Waals surface area (Å²) >= 11 is 5.78. The average Bonchev–Trinajstić information content (AvgIpc) is 3.04. The molecule has 0 saturated heterocycles. The number of benzene rings is 1. The lowest BCUT2D eigenvalue weighted by molar-refractivity contribution is -0.116. The normalized spacial score (nSPS) is 13.1. The number of amides is 2. The first kappa shape index (κ1) is 13.7. The van der Waals surface area contributed by atoms with Crippen LogP contribution < -0.4 is 10.2 Å². The van der Waals surface area contributed by atoms with Gasteiger partial charge in [-0.25, -0.2) is 0 Å². The molecule has 0 radical (unpaired) electrons. The van der Waals surface area contributed by atoms with Gasteiger partial charge in [0.05, 0.1) is 11.8 Å². The zero-order valence-electron chi connectivity index (χ0n) is 11.4. The third-order valence-electron chi connectivity index (χ3n) is 3.48. The highest BCUT2D eigenvalue weighted by Crippen LogP contribution is 2.30. The Kier molecular flexibility index (Phi) is 3.43. The molecule has 2 amide bonds. The molecule has 1 aliphatic rings. The van der Waals surface area contributed by atoms with Gasteiger partial charge in [0.25, 0.3) is 5.91 Å². The molecule has 0 fully saturated rings. The first-order chi connectivity index (χ1) is 10.1. The molecular weight excluding hydrogens is 292 g/mol. The van der Waals surface area contributed by atoms with Crippen molar-refractivity contribution in [3.8, 4) is 0 Å². The lowest BCUT2D eigenvalue weighted by atomic mass is 10.1. The number of halogens is 1. The van der Waals surface area contributed by atoms with E-state index in [4.69, 9.17) is 16.0 Å². The van der Waals surface area contributed by atoms with E-state index < -0.39 is 0 Å². The van der Waals surface area contributed by atoms with Gasteiger partial charge in [0.1, 0.15) is 0 Å². The van der Waals surface area contributed by atoms with Crippen molar-refractivity contribution in [3.63, 3.8) is 0 Å². The molecular formula is C15H13ClN2O3. The summed E-state index contributed by atoms with van der Waals surface area (Å²) < 4.78 is 4.90. The molecule has 0 unspecified atom stereocenters. The maximum absolute atomic E-state index is 12.0. The van der Waals surface area contributed by atoms with Gasteiger partial charge in [-0.2, -0.15) is 0 Å². The van der Waals surface area contributed by atoms with Crippen LogP contribution in [-0.4, -0.2) is 18.4 Å². The summed E-state index contributed by atoms with van der Waals surface area (Å²) in [7, 11) is 0. The standard InChI is InChI=1S/C15H13ClN2O3/c1-9(19)18-6-4-10-8-11(2-3-13(10)18)17-15(20)12-5-7-21-14(12)16/h2-3,5,7-8H,4,6H2,1H3,(H,17,20). The summed E-state index contributed by atoms with van der Waals surface area (Å²) in [4.78, 5) is 25.3. The molecule has 0 bridgehead atoms. The highest BCUT2D eigenvalue weighted by atomic mass is 35.5. The Bertz CT molecular complexity index is 723. The Morgan fingerprint density at radius 3 is 2.81 bits per heavy atom. The number of anilines is 2. The van der Waals surface area contributed by atoms with Gasteiger partial charge in [-0.3, -0.25) is 9.59 Å². The molecule has 1 aliphatic heterocycles. The highest BCUT2D eigenvalue weighted by Gasteiger charge is 2.22. The second-order valence-electron chi connectivity index (χ2n) is 4.83. The van der Waals surface area contributed by atoms with Crippen LogP contribution in [0.1, 0.15) is 22.8 Å². The van der Waals surface area contributed by atoms with E-state index >= 15 is 0 Å². The second kappa shape index (κ2) is 5.26. The van der Waals surface area contributed by atoms with Crippen LogP contribution in [0.4, 0.5) is 11.4 Å². The summed E-state index contributed by atoms with van der Waals surface area (Å²) in [6.45, 7) is 2.22. The number of carbonyl (C=O) groups is 2. The molecule has 2 heterocycles. The van der Waals surface area contributed by atoms with Crippen molar-refractivity contribution in [2.24, 2.45) is 0 Å². The van der Waals surface area contributed by atoms with Crippen molar-refractivity contribution in [2.45, 2.75) is 13.3 Å². The molecule has 108 valence electrons. The Morgan fingerprint density at radius 2 is 2.14 bits per heavy atom. The summed E-state index contributed by atoms with van der Waals surface area (Å²) in [5.74, 6) is -0.300. The van der Waals surface area contributed by atoms with Crippen LogP contribution in [-0.2, 0) is 11.2 Å². The van der Waals surface area contributed by atoms with Crippen LogP contribution in [0.3, 0.4) is 0 Å². The first-order valence-electron chi connectivity index (χ1n) is 6.51. The molecule has 1 aromatic carbocycles. The molecule has 2 aromatic rings. The number of fused-ring (bicyclic) bond motifs is 1. The SMILES string of the molecule is CC(=O)N1CCc2cc(NC(=O)c3ccoc3Cl)ccc21. The number of nitrogens with one attached hydrogen (secondary N) is 1. The fourth-order valence-electron chi connectivity index (χ4n) is 2.46. The molecule has 0 atom stereocenters. The number of rotatable bonds is 2. The minimum Gasteiger partial charge on any atom is -0.452 e. The topological polar surface area (TPSA) is 62.6 Å². The van der Waals surface area contributed by atoms with E-state index in [-0.39, 0.29) is 17.0 Å². The predicted molar refractivity (Wildman–Crippen MR) is 79.8 cm³/mol. The summed E-state index contributed by atoms with van der Waals surface area (Å²) in [5.41, 5.74) is 2.91. The quantitative estimate of drug-likeness (QED) is 0.927. The zero-order valence-corrected chi connectivity index (χ0v) is 12.1. The van der Waals surface area contributed by atoms with Crippen LogP contribution in [0, 0.1) is 0 Å². The molecule has 0 aliphatic carbocycles. The van der Waals surface area contributed by atoms with Crippen molar-refractivity contribution >= 4 is 34.8 Å². The minimum absolute atomic E-state index is 0.0238. The van der Waals surface area contributed by atoms with Crippen molar-refractivity contribution in [3.05, 3.63) is 46.9 Å². The Labute approximate surface area is 126 Å². The van der Waals surface area contributed by atoms with Crippen molar-refractivity contribution in [1.82, 2.24) is 0 Å². The molecule has 1 N–H and O–H groups in total. The van der Waals surface area contributed by atoms with Crippen LogP contribution in [0.25, 0.3) is 0 Å². The van der Waals surface area contributed by atoms with Gasteiger partial charge in [-0.15, -0.1) is 0 Å². The smallest absolute Gasteiger partial charge is 0.260 e. The highest BCUT2D eigenvalue weighted by molar-refractivity contribution is 6.32. The van der Waals surface area contributed by atoms with E-state index in [0.717, 1.165) is 17.7 Å². The number of furan rings is 1. The monoisotopic (exact) mass is 304 g/mol. The van der Waals surface area contributed by atoms with E-state index in [1.807, 2.05) is 12.1 Å². The molecule has 1 aromatic heterocycles. The number of hydrogen-bond acceptors (Lipinski definition) is 3. The Morgan fingerprint density at radius 1 is 1.33 bits per heavy atom. The minimum atomic E-state index is -0.324. The van der Waals surface area contributed by atoms with Gasteiger partial charge in [0, 0.05) is 24.8 Å². The maximum atomic E-state index is 12.0. The maximum Gasteiger partial charge on any atom is 0.260 e. The van der Waals surface area contributed by atoms with Gasteiger partial charge in [-0.1, -0.05) is 0 Å². The van der Waals surface area contributed by atoms with E-state index in [9.17, 15) is 9.59 Å². The molecule has 21 heavy (non-hydrogen) atoms. The number of nitrogens with zero attached hydrogens (tertiary/aromatic N) is 1. The van der Waals surface area contributed by atoms with Gasteiger partial charge in [-0.05, 0) is 47.9 Å². The van der Waals surface area contributed by atoms with Crippen LogP contribution >= 0.6 is 11.6 Å². The van der Waals surface area contributed by atoms with Crippen LogP contribution in [0.2, 0.25) is 5.22 Å². The second-order valence-corrected chi connectivity index (χ2v) is 5.17. The van der Waals surface area contributed by atoms with Gasteiger partial charge < -0.3 is 14.6 Å². The van der Waals surface area contributed by atoms with Gasteiger partial charge in [0.2, 0.25) is 11.1 Å². The molecule has 0 spiro atoms. The fourth-order valence-corrected chi connectivity index (χ4v) is 2.66. The predicted octanol–water partition coefficient (Wildman–Crippen LogP) is 3.09. The number of carbonyl (C=O) groups excluding carboxylic acids is 2. The molecule has 3 rings (SSSR count). The zero-order chi connectivity index (χ0) is 15.0. The Balaban J connectivity index is 1.81. The lowest BCUT2D eigenvalue weighted by Crippen LogP contribution is -2.25. The number of hydrogen-bond donors (Lipinski definition) is 1. The van der Waals surface area contributed by atoms with Crippen LogP contribution in [0.15, 0.2) is 34.9 Å². The fraction of sp³-hybridized carbons (Fsp3) is 0.200. The van der Waals surface area contributed by atoms with E-state index in [0.29, 0.717) is 17.8 Å². The molecule has 5 nitrogen and oxygen atoms in total. The van der Waals surface area contributed by atoms with E-state index in [1.165, 1.54) is 12.3 Å². The van der Waals surface area contributed by atoms with Gasteiger partial charge in [0.15, 0.2) is 0 Å². The molecule has 0 saturated carbocycles. The Hall–Kier alpha value is -2.27. The van der Waals surface area contributed by atoms with E-state index in [2.05, 4.69) is 5.32 Å². The summed E-state index contributed by atoms with van der Waals surface area (Å²) in [6.07, 6.45) is 2.15. The summed E-state index contributed by atoms with van der Waals surface area (Å²) in [5, 5.41) is 2.84. The lowest BCUT2D eigenvalue weighted by Gasteiger charge is -2.15.